The first-order chi connectivity index (χ1) is 5.77. The molecule has 0 radical (unpaired) electrons. The summed E-state index contributed by atoms with van der Waals surface area (Å²) in [5.74, 6) is 0.929. The van der Waals surface area contributed by atoms with Gasteiger partial charge in [0.2, 0.25) is 0 Å². The minimum absolute atomic E-state index is 0.929. The summed E-state index contributed by atoms with van der Waals surface area (Å²) in [5.41, 5.74) is 2.39. The molecule has 0 atom stereocenters. The van der Waals surface area contributed by atoms with E-state index in [9.17, 15) is 0 Å². The third-order valence-electron chi connectivity index (χ3n) is 1.73. The van der Waals surface area contributed by atoms with Crippen LogP contribution in [0, 0.1) is 6.92 Å². The molecule has 0 aliphatic carbocycles. The summed E-state index contributed by atoms with van der Waals surface area (Å²) >= 11 is 0. The van der Waals surface area contributed by atoms with Gasteiger partial charge in [0, 0.05) is 5.56 Å². The Bertz CT molecular complexity index is 287. The Morgan fingerprint density at radius 3 is 2.67 bits per heavy atom. The van der Waals surface area contributed by atoms with Crippen LogP contribution in [0.25, 0.3) is 6.08 Å². The lowest BCUT2D eigenvalue weighted by Gasteiger charge is -2.04. The molecule has 0 unspecified atom stereocenters. The lowest BCUT2D eigenvalue weighted by atomic mass is 10.1. The van der Waals surface area contributed by atoms with Crippen molar-refractivity contribution in [2.24, 2.45) is 0 Å². The summed E-state index contributed by atoms with van der Waals surface area (Å²) in [6, 6.07) is 6.15. The molecule has 0 heterocycles. The SMILES string of the molecule is C/C=C\c1cc(C)ccc1OC. The second kappa shape index (κ2) is 3.96. The zero-order valence-corrected chi connectivity index (χ0v) is 7.79. The maximum absolute atomic E-state index is 5.20. The Balaban J connectivity index is 3.12. The van der Waals surface area contributed by atoms with E-state index in [-0.39, 0.29) is 0 Å². The second-order valence-corrected chi connectivity index (χ2v) is 2.75. The van der Waals surface area contributed by atoms with Crippen molar-refractivity contribution in [2.45, 2.75) is 13.8 Å². The van der Waals surface area contributed by atoms with Gasteiger partial charge in [-0.3, -0.25) is 0 Å². The molecule has 1 nitrogen and oxygen atoms in total. The fraction of sp³-hybridized carbons (Fsp3) is 0.273. The average molecular weight is 162 g/mol. The number of rotatable bonds is 2. The summed E-state index contributed by atoms with van der Waals surface area (Å²) in [4.78, 5) is 0. The van der Waals surface area contributed by atoms with Gasteiger partial charge in [0.15, 0.2) is 0 Å². The summed E-state index contributed by atoms with van der Waals surface area (Å²) in [6.07, 6.45) is 4.06. The van der Waals surface area contributed by atoms with Crippen molar-refractivity contribution < 1.29 is 4.74 Å². The van der Waals surface area contributed by atoms with Crippen molar-refractivity contribution in [1.29, 1.82) is 0 Å². The molecule has 1 aromatic carbocycles. The van der Waals surface area contributed by atoms with E-state index in [4.69, 9.17) is 4.74 Å². The van der Waals surface area contributed by atoms with Crippen LogP contribution in [0.1, 0.15) is 18.1 Å². The minimum Gasteiger partial charge on any atom is -0.496 e. The van der Waals surface area contributed by atoms with E-state index in [0.29, 0.717) is 0 Å². The van der Waals surface area contributed by atoms with Gasteiger partial charge in [0.1, 0.15) is 5.75 Å². The third kappa shape index (κ3) is 1.88. The molecule has 0 bridgehead atoms. The molecular formula is C11H14O. The molecule has 0 amide bonds. The molecule has 1 heteroatoms. The lowest BCUT2D eigenvalue weighted by molar-refractivity contribution is 0.413. The molecule has 12 heavy (non-hydrogen) atoms. The summed E-state index contributed by atoms with van der Waals surface area (Å²) in [7, 11) is 1.69. The standard InChI is InChI=1S/C11H14O/c1-4-5-10-8-9(2)6-7-11(10)12-3/h4-8H,1-3H3/b5-4-. The van der Waals surface area contributed by atoms with Crippen LogP contribution < -0.4 is 4.74 Å². The van der Waals surface area contributed by atoms with Crippen LogP contribution in [-0.4, -0.2) is 7.11 Å². The topological polar surface area (TPSA) is 9.23 Å². The Hall–Kier alpha value is -1.24. The van der Waals surface area contributed by atoms with Gasteiger partial charge < -0.3 is 4.74 Å². The van der Waals surface area contributed by atoms with E-state index in [1.54, 1.807) is 7.11 Å². The molecule has 0 fully saturated rings. The predicted molar refractivity (Wildman–Crippen MR) is 52.4 cm³/mol. The van der Waals surface area contributed by atoms with E-state index in [0.717, 1.165) is 11.3 Å². The average Bonchev–Trinajstić information content (AvgIpc) is 2.05. The van der Waals surface area contributed by atoms with Crippen LogP contribution in [0.5, 0.6) is 5.75 Å². The highest BCUT2D eigenvalue weighted by Crippen LogP contribution is 2.20. The van der Waals surface area contributed by atoms with Gasteiger partial charge in [0.25, 0.3) is 0 Å². The Morgan fingerprint density at radius 1 is 1.33 bits per heavy atom. The minimum atomic E-state index is 0.929. The summed E-state index contributed by atoms with van der Waals surface area (Å²) in [5, 5.41) is 0. The lowest BCUT2D eigenvalue weighted by Crippen LogP contribution is -1.87. The van der Waals surface area contributed by atoms with Gasteiger partial charge in [-0.25, -0.2) is 0 Å². The number of ether oxygens (including phenoxy) is 1. The number of aryl methyl sites for hydroxylation is 1. The van der Waals surface area contributed by atoms with Gasteiger partial charge in [-0.15, -0.1) is 0 Å². The van der Waals surface area contributed by atoms with E-state index >= 15 is 0 Å². The smallest absolute Gasteiger partial charge is 0.126 e. The van der Waals surface area contributed by atoms with Crippen molar-refractivity contribution in [1.82, 2.24) is 0 Å². The van der Waals surface area contributed by atoms with Crippen LogP contribution in [0.2, 0.25) is 0 Å². The number of hydrogen-bond donors (Lipinski definition) is 0. The van der Waals surface area contributed by atoms with Crippen molar-refractivity contribution in [2.75, 3.05) is 7.11 Å². The monoisotopic (exact) mass is 162 g/mol. The molecule has 0 spiro atoms. The Labute approximate surface area is 73.7 Å². The number of benzene rings is 1. The fourth-order valence-corrected chi connectivity index (χ4v) is 1.16. The van der Waals surface area contributed by atoms with E-state index < -0.39 is 0 Å². The Morgan fingerprint density at radius 2 is 2.08 bits per heavy atom. The van der Waals surface area contributed by atoms with Crippen molar-refractivity contribution in [3.05, 3.63) is 35.4 Å². The van der Waals surface area contributed by atoms with Crippen LogP contribution in [0.4, 0.5) is 0 Å². The second-order valence-electron chi connectivity index (χ2n) is 2.75. The molecule has 0 saturated carbocycles. The van der Waals surface area contributed by atoms with Crippen LogP contribution in [-0.2, 0) is 0 Å². The fourth-order valence-electron chi connectivity index (χ4n) is 1.16. The molecule has 0 saturated heterocycles. The van der Waals surface area contributed by atoms with Gasteiger partial charge in [0.05, 0.1) is 7.11 Å². The molecule has 1 aromatic rings. The predicted octanol–water partition coefficient (Wildman–Crippen LogP) is 3.04. The highest BCUT2D eigenvalue weighted by atomic mass is 16.5. The molecular weight excluding hydrogens is 148 g/mol. The first-order valence-electron chi connectivity index (χ1n) is 4.05. The van der Waals surface area contributed by atoms with Gasteiger partial charge in [-0.05, 0) is 26.0 Å². The van der Waals surface area contributed by atoms with Gasteiger partial charge in [-0.1, -0.05) is 23.8 Å². The zero-order chi connectivity index (χ0) is 8.97. The maximum atomic E-state index is 5.20. The molecule has 64 valence electrons. The molecule has 0 aliphatic heterocycles. The number of methoxy groups -OCH3 is 1. The summed E-state index contributed by atoms with van der Waals surface area (Å²) in [6.45, 7) is 4.08. The Kier molecular flexibility index (Phi) is 2.92. The summed E-state index contributed by atoms with van der Waals surface area (Å²) < 4.78 is 5.20. The number of hydrogen-bond acceptors (Lipinski definition) is 1. The van der Waals surface area contributed by atoms with Crippen LogP contribution in [0.3, 0.4) is 0 Å². The largest absolute Gasteiger partial charge is 0.496 e. The highest BCUT2D eigenvalue weighted by Gasteiger charge is 1.97. The normalized spacial score (nSPS) is 10.6. The van der Waals surface area contributed by atoms with E-state index in [1.807, 2.05) is 31.2 Å². The highest BCUT2D eigenvalue weighted by molar-refractivity contribution is 5.58. The maximum Gasteiger partial charge on any atom is 0.126 e. The first kappa shape index (κ1) is 8.85. The first-order valence-corrected chi connectivity index (χ1v) is 4.05. The molecule has 0 aliphatic rings. The molecule has 0 aromatic heterocycles. The van der Waals surface area contributed by atoms with Crippen molar-refractivity contribution >= 4 is 6.08 Å². The van der Waals surface area contributed by atoms with Crippen molar-refractivity contribution in [3.63, 3.8) is 0 Å². The zero-order valence-electron chi connectivity index (χ0n) is 7.79. The number of allylic oxidation sites excluding steroid dienone is 1. The van der Waals surface area contributed by atoms with Crippen LogP contribution in [0.15, 0.2) is 24.3 Å². The molecule has 0 N–H and O–H groups in total. The third-order valence-corrected chi connectivity index (χ3v) is 1.73. The quantitative estimate of drug-likeness (QED) is 0.649. The molecule has 1 rings (SSSR count). The van der Waals surface area contributed by atoms with Gasteiger partial charge >= 0.3 is 0 Å². The van der Waals surface area contributed by atoms with Crippen molar-refractivity contribution in [3.8, 4) is 5.75 Å². The van der Waals surface area contributed by atoms with Gasteiger partial charge in [-0.2, -0.15) is 0 Å². The van der Waals surface area contributed by atoms with Crippen LogP contribution >= 0.6 is 0 Å². The van der Waals surface area contributed by atoms with E-state index in [1.165, 1.54) is 5.56 Å². The van der Waals surface area contributed by atoms with E-state index in [2.05, 4.69) is 13.0 Å².